The van der Waals surface area contributed by atoms with Gasteiger partial charge in [-0.2, -0.15) is 13.2 Å². The molecule has 1 saturated heterocycles. The summed E-state index contributed by atoms with van der Waals surface area (Å²) in [5.74, 6) is 1.01. The van der Waals surface area contributed by atoms with Gasteiger partial charge in [0.05, 0.1) is 0 Å². The zero-order valence-electron chi connectivity index (χ0n) is 10.5. The van der Waals surface area contributed by atoms with Gasteiger partial charge in [0.2, 0.25) is 0 Å². The Labute approximate surface area is 115 Å². The van der Waals surface area contributed by atoms with Crippen LogP contribution in [0.1, 0.15) is 31.4 Å². The highest BCUT2D eigenvalue weighted by molar-refractivity contribution is 6.17. The van der Waals surface area contributed by atoms with E-state index in [9.17, 15) is 13.2 Å². The summed E-state index contributed by atoms with van der Waals surface area (Å²) < 4.78 is 38.0. The zero-order chi connectivity index (χ0) is 13.9. The molecule has 19 heavy (non-hydrogen) atoms. The van der Waals surface area contributed by atoms with Crippen LogP contribution in [0.25, 0.3) is 0 Å². The van der Waals surface area contributed by atoms with Crippen molar-refractivity contribution >= 4 is 17.4 Å². The first-order valence-electron chi connectivity index (χ1n) is 6.39. The summed E-state index contributed by atoms with van der Waals surface area (Å²) in [6, 6.07) is 4.33. The molecule has 6 heteroatoms. The highest BCUT2D eigenvalue weighted by atomic mass is 35.5. The molecule has 2 rings (SSSR count). The van der Waals surface area contributed by atoms with Gasteiger partial charge in [-0.3, -0.25) is 0 Å². The molecule has 106 valence electrons. The second-order valence-electron chi connectivity index (χ2n) is 4.70. The van der Waals surface area contributed by atoms with Crippen molar-refractivity contribution in [1.29, 1.82) is 0 Å². The summed E-state index contributed by atoms with van der Waals surface area (Å²) in [6.45, 7) is 0.765. The Hall–Kier alpha value is -0.970. The SMILES string of the molecule is FC(F)(F)c1cccc(N2CCCC2CCCCl)n1. The van der Waals surface area contributed by atoms with Crippen LogP contribution < -0.4 is 4.90 Å². The number of hydrogen-bond acceptors (Lipinski definition) is 2. The predicted molar refractivity (Wildman–Crippen MR) is 69.6 cm³/mol. The number of hydrogen-bond donors (Lipinski definition) is 0. The second-order valence-corrected chi connectivity index (χ2v) is 5.08. The van der Waals surface area contributed by atoms with Crippen molar-refractivity contribution in [1.82, 2.24) is 4.98 Å². The lowest BCUT2D eigenvalue weighted by Gasteiger charge is -2.26. The Kier molecular flexibility index (Phi) is 4.55. The summed E-state index contributed by atoms with van der Waals surface area (Å²) in [4.78, 5) is 5.73. The fourth-order valence-corrected chi connectivity index (χ4v) is 2.65. The molecule has 0 radical (unpaired) electrons. The number of aromatic nitrogens is 1. The van der Waals surface area contributed by atoms with Gasteiger partial charge in [-0.05, 0) is 37.8 Å². The number of nitrogens with zero attached hydrogens (tertiary/aromatic N) is 2. The van der Waals surface area contributed by atoms with Gasteiger partial charge in [0, 0.05) is 18.5 Å². The second kappa shape index (κ2) is 5.99. The van der Waals surface area contributed by atoms with Crippen molar-refractivity contribution in [2.45, 2.75) is 37.9 Å². The normalized spacial score (nSPS) is 20.0. The molecule has 0 bridgehead atoms. The van der Waals surface area contributed by atoms with Crippen molar-refractivity contribution in [2.24, 2.45) is 0 Å². The molecule has 2 nitrogen and oxygen atoms in total. The Morgan fingerprint density at radius 3 is 2.84 bits per heavy atom. The molecule has 1 fully saturated rings. The van der Waals surface area contributed by atoms with Crippen LogP contribution in [-0.2, 0) is 6.18 Å². The molecule has 0 N–H and O–H groups in total. The molecule has 1 aliphatic rings. The molecule has 1 aliphatic heterocycles. The van der Waals surface area contributed by atoms with Crippen molar-refractivity contribution in [3.63, 3.8) is 0 Å². The van der Waals surface area contributed by atoms with Crippen molar-refractivity contribution in [3.05, 3.63) is 23.9 Å². The lowest BCUT2D eigenvalue weighted by molar-refractivity contribution is -0.141. The smallest absolute Gasteiger partial charge is 0.354 e. The minimum Gasteiger partial charge on any atom is -0.354 e. The summed E-state index contributed by atoms with van der Waals surface area (Å²) in [6.07, 6.45) is -0.621. The summed E-state index contributed by atoms with van der Waals surface area (Å²) in [5.41, 5.74) is -0.826. The molecular formula is C13H16ClF3N2. The topological polar surface area (TPSA) is 16.1 Å². The third kappa shape index (κ3) is 3.53. The standard InChI is InChI=1S/C13H16ClF3N2/c14-8-2-4-10-5-3-9-19(10)12-7-1-6-11(18-12)13(15,16)17/h1,6-7,10H,2-5,8-9H2. The molecular weight excluding hydrogens is 277 g/mol. The summed E-state index contributed by atoms with van der Waals surface area (Å²) in [7, 11) is 0. The molecule has 1 atom stereocenters. The van der Waals surface area contributed by atoms with Crippen LogP contribution in [-0.4, -0.2) is 23.5 Å². The first-order valence-corrected chi connectivity index (χ1v) is 6.92. The van der Waals surface area contributed by atoms with Gasteiger partial charge in [-0.1, -0.05) is 6.07 Å². The maximum Gasteiger partial charge on any atom is 0.433 e. The first kappa shape index (κ1) is 14.4. The van der Waals surface area contributed by atoms with Gasteiger partial charge in [-0.25, -0.2) is 4.98 Å². The van der Waals surface area contributed by atoms with E-state index in [1.54, 1.807) is 6.07 Å². The van der Waals surface area contributed by atoms with E-state index in [2.05, 4.69) is 4.98 Å². The maximum absolute atomic E-state index is 12.7. The Bertz CT molecular complexity index is 423. The van der Waals surface area contributed by atoms with Crippen molar-refractivity contribution in [3.8, 4) is 0 Å². The van der Waals surface area contributed by atoms with Gasteiger partial charge < -0.3 is 4.90 Å². The van der Waals surface area contributed by atoms with E-state index in [4.69, 9.17) is 11.6 Å². The largest absolute Gasteiger partial charge is 0.433 e. The van der Waals surface area contributed by atoms with Gasteiger partial charge in [-0.15, -0.1) is 11.6 Å². The van der Waals surface area contributed by atoms with Crippen LogP contribution in [0.15, 0.2) is 18.2 Å². The fourth-order valence-electron chi connectivity index (χ4n) is 2.49. The zero-order valence-corrected chi connectivity index (χ0v) is 11.2. The maximum atomic E-state index is 12.7. The van der Waals surface area contributed by atoms with Crippen LogP contribution in [0.3, 0.4) is 0 Å². The number of rotatable bonds is 4. The van der Waals surface area contributed by atoms with Crippen LogP contribution >= 0.6 is 11.6 Å². The van der Waals surface area contributed by atoms with Gasteiger partial charge in [0.1, 0.15) is 11.5 Å². The third-order valence-electron chi connectivity index (χ3n) is 3.37. The molecule has 2 heterocycles. The van der Waals surface area contributed by atoms with Crippen LogP contribution in [0.5, 0.6) is 0 Å². The van der Waals surface area contributed by atoms with E-state index in [1.165, 1.54) is 6.07 Å². The van der Waals surface area contributed by atoms with Crippen molar-refractivity contribution in [2.75, 3.05) is 17.3 Å². The third-order valence-corrected chi connectivity index (χ3v) is 3.63. The average Bonchev–Trinajstić information content (AvgIpc) is 2.83. The van der Waals surface area contributed by atoms with E-state index >= 15 is 0 Å². The number of anilines is 1. The van der Waals surface area contributed by atoms with E-state index < -0.39 is 11.9 Å². The van der Waals surface area contributed by atoms with E-state index in [0.717, 1.165) is 38.3 Å². The molecule has 0 aliphatic carbocycles. The number of halogens is 4. The average molecular weight is 293 g/mol. The Morgan fingerprint density at radius 2 is 2.16 bits per heavy atom. The highest BCUT2D eigenvalue weighted by Crippen LogP contribution is 2.31. The molecule has 0 amide bonds. The summed E-state index contributed by atoms with van der Waals surface area (Å²) in [5, 5.41) is 0. The van der Waals surface area contributed by atoms with E-state index in [0.29, 0.717) is 11.7 Å². The molecule has 0 saturated carbocycles. The fraction of sp³-hybridized carbons (Fsp3) is 0.615. The highest BCUT2D eigenvalue weighted by Gasteiger charge is 2.33. The van der Waals surface area contributed by atoms with E-state index in [1.807, 2.05) is 4.90 Å². The van der Waals surface area contributed by atoms with Gasteiger partial charge in [0.15, 0.2) is 0 Å². The molecule has 1 aromatic heterocycles. The lowest BCUT2D eigenvalue weighted by atomic mass is 10.1. The molecule has 1 unspecified atom stereocenters. The molecule has 0 spiro atoms. The van der Waals surface area contributed by atoms with Crippen LogP contribution in [0.4, 0.5) is 19.0 Å². The van der Waals surface area contributed by atoms with Crippen LogP contribution in [0, 0.1) is 0 Å². The monoisotopic (exact) mass is 292 g/mol. The quantitative estimate of drug-likeness (QED) is 0.777. The lowest BCUT2D eigenvalue weighted by Crippen LogP contribution is -2.30. The van der Waals surface area contributed by atoms with Gasteiger partial charge >= 0.3 is 6.18 Å². The Morgan fingerprint density at radius 1 is 1.37 bits per heavy atom. The van der Waals surface area contributed by atoms with Crippen LogP contribution in [0.2, 0.25) is 0 Å². The summed E-state index contributed by atoms with van der Waals surface area (Å²) >= 11 is 5.68. The molecule has 1 aromatic rings. The minimum absolute atomic E-state index is 0.259. The van der Waals surface area contributed by atoms with Crippen molar-refractivity contribution < 1.29 is 13.2 Å². The first-order chi connectivity index (χ1) is 9.02. The minimum atomic E-state index is -4.39. The number of pyridine rings is 1. The van der Waals surface area contributed by atoms with Gasteiger partial charge in [0.25, 0.3) is 0 Å². The van der Waals surface area contributed by atoms with E-state index in [-0.39, 0.29) is 6.04 Å². The number of alkyl halides is 4. The molecule has 0 aromatic carbocycles. The predicted octanol–water partition coefficient (Wildman–Crippen LogP) is 4.09. The Balaban J connectivity index is 2.16.